The number of aromatic nitrogens is 4. The van der Waals surface area contributed by atoms with Crippen molar-refractivity contribution >= 4 is 54.8 Å². The highest BCUT2D eigenvalue weighted by molar-refractivity contribution is 6.19. The molecule has 0 spiro atoms. The zero-order valence-electron chi connectivity index (χ0n) is 28.8. The third kappa shape index (κ3) is 4.89. The van der Waals surface area contributed by atoms with Gasteiger partial charge in [0.05, 0.1) is 22.2 Å². The van der Waals surface area contributed by atoms with Crippen molar-refractivity contribution in [1.29, 1.82) is 0 Å². The molecule has 4 heterocycles. The van der Waals surface area contributed by atoms with Gasteiger partial charge in [-0.1, -0.05) is 140 Å². The third-order valence-electron chi connectivity index (χ3n) is 10.2. The summed E-state index contributed by atoms with van der Waals surface area (Å²) in [5.74, 6) is 1.75. The van der Waals surface area contributed by atoms with Crippen molar-refractivity contribution in [3.63, 3.8) is 0 Å². The highest BCUT2D eigenvalue weighted by atomic mass is 16.3. The van der Waals surface area contributed by atoms with Crippen LogP contribution in [0.25, 0.3) is 111 Å². The zero-order chi connectivity index (χ0) is 35.6. The number of hydrogen-bond donors (Lipinski definition) is 0. The molecule has 0 unspecified atom stereocenters. The van der Waals surface area contributed by atoms with Crippen LogP contribution in [0.1, 0.15) is 0 Å². The molecule has 0 saturated carbocycles. The van der Waals surface area contributed by atoms with Crippen molar-refractivity contribution in [2.45, 2.75) is 0 Å². The number of fused-ring (bicyclic) bond motifs is 8. The lowest BCUT2D eigenvalue weighted by Gasteiger charge is -2.10. The predicted octanol–water partition coefficient (Wildman–Crippen LogP) is 12.6. The number of pyridine rings is 1. The first-order valence-electron chi connectivity index (χ1n) is 17.9. The van der Waals surface area contributed by atoms with Crippen molar-refractivity contribution in [1.82, 2.24) is 19.9 Å². The SMILES string of the molecule is c1ccc(-c2nc(-c3ccc(-c4ccc(-c5nc6ccccc6c6oc7ccccc7c56)cc4)cc3)nc(-c3cccc4c3oc3ccccc34)n2)cc1. The van der Waals surface area contributed by atoms with Gasteiger partial charge in [0.2, 0.25) is 0 Å². The Morgan fingerprint density at radius 2 is 0.833 bits per heavy atom. The van der Waals surface area contributed by atoms with E-state index >= 15 is 0 Å². The summed E-state index contributed by atoms with van der Waals surface area (Å²) in [7, 11) is 0. The van der Waals surface area contributed by atoms with E-state index in [9.17, 15) is 0 Å². The van der Waals surface area contributed by atoms with Crippen molar-refractivity contribution in [3.05, 3.63) is 170 Å². The highest BCUT2D eigenvalue weighted by Crippen LogP contribution is 2.40. The number of nitrogens with zero attached hydrogens (tertiary/aromatic N) is 4. The minimum atomic E-state index is 0.560. The third-order valence-corrected chi connectivity index (χ3v) is 10.2. The van der Waals surface area contributed by atoms with Crippen LogP contribution in [0.15, 0.2) is 179 Å². The fraction of sp³-hybridized carbons (Fsp3) is 0. The first kappa shape index (κ1) is 30.2. The topological polar surface area (TPSA) is 77.8 Å². The summed E-state index contributed by atoms with van der Waals surface area (Å²) in [6.07, 6.45) is 0. The van der Waals surface area contributed by atoms with Gasteiger partial charge in [-0.3, -0.25) is 0 Å². The molecule has 0 radical (unpaired) electrons. The van der Waals surface area contributed by atoms with E-state index in [1.807, 2.05) is 97.1 Å². The Hall–Kier alpha value is -7.44. The van der Waals surface area contributed by atoms with Crippen LogP contribution in [0, 0.1) is 0 Å². The summed E-state index contributed by atoms with van der Waals surface area (Å²) in [5.41, 5.74) is 11.0. The normalized spacial score (nSPS) is 11.7. The number of benzene rings is 7. The van der Waals surface area contributed by atoms with Crippen LogP contribution in [0.3, 0.4) is 0 Å². The van der Waals surface area contributed by atoms with Crippen molar-refractivity contribution < 1.29 is 8.83 Å². The van der Waals surface area contributed by atoms with Crippen LogP contribution in [0.2, 0.25) is 0 Å². The van der Waals surface area contributed by atoms with Gasteiger partial charge in [0.15, 0.2) is 17.5 Å². The van der Waals surface area contributed by atoms with Gasteiger partial charge in [0.1, 0.15) is 22.3 Å². The van der Waals surface area contributed by atoms with E-state index in [0.29, 0.717) is 17.5 Å². The van der Waals surface area contributed by atoms with E-state index in [1.165, 1.54) is 0 Å². The first-order chi connectivity index (χ1) is 26.7. The standard InChI is InChI=1S/C48H28N4O2/c1-2-11-32(12-3-1)46-50-47(52-48(51-46)38-17-10-16-35-34-13-5-8-19-40(34)53-44(35)38)33-27-23-30(24-28-33)29-21-25-31(26-22-29)43-42-37-15-6-9-20-41(37)54-45(42)36-14-4-7-18-39(36)49-43/h1-28H. The smallest absolute Gasteiger partial charge is 0.167 e. The van der Waals surface area contributed by atoms with Crippen molar-refractivity contribution in [2.24, 2.45) is 0 Å². The molecule has 0 bridgehead atoms. The molecular formula is C48H28N4O2. The lowest BCUT2D eigenvalue weighted by atomic mass is 9.99. The Morgan fingerprint density at radius 1 is 0.315 bits per heavy atom. The van der Waals surface area contributed by atoms with Crippen molar-refractivity contribution in [2.75, 3.05) is 0 Å². The van der Waals surface area contributed by atoms with Gasteiger partial charge < -0.3 is 8.83 Å². The lowest BCUT2D eigenvalue weighted by Crippen LogP contribution is -2.00. The molecule has 54 heavy (non-hydrogen) atoms. The average Bonchev–Trinajstić information content (AvgIpc) is 3.83. The summed E-state index contributed by atoms with van der Waals surface area (Å²) in [6, 6.07) is 57.5. The molecule has 0 amide bonds. The van der Waals surface area contributed by atoms with Crippen LogP contribution in [0.5, 0.6) is 0 Å². The molecule has 0 atom stereocenters. The second kappa shape index (κ2) is 12.1. The maximum Gasteiger partial charge on any atom is 0.167 e. The molecule has 0 fully saturated rings. The van der Waals surface area contributed by atoms with Gasteiger partial charge >= 0.3 is 0 Å². The molecule has 11 rings (SSSR count). The number of rotatable bonds is 5. The van der Waals surface area contributed by atoms with E-state index in [0.717, 1.165) is 93.9 Å². The van der Waals surface area contributed by atoms with Crippen LogP contribution in [-0.2, 0) is 0 Å². The van der Waals surface area contributed by atoms with Crippen LogP contribution in [-0.4, -0.2) is 19.9 Å². The molecule has 0 saturated heterocycles. The lowest BCUT2D eigenvalue weighted by molar-refractivity contribution is 0.669. The zero-order valence-corrected chi connectivity index (χ0v) is 28.8. The minimum Gasteiger partial charge on any atom is -0.455 e. The minimum absolute atomic E-state index is 0.560. The molecule has 11 aromatic rings. The highest BCUT2D eigenvalue weighted by Gasteiger charge is 2.19. The largest absolute Gasteiger partial charge is 0.455 e. The van der Waals surface area contributed by atoms with E-state index in [2.05, 4.69) is 72.8 Å². The molecule has 4 aromatic heterocycles. The van der Waals surface area contributed by atoms with Crippen molar-refractivity contribution in [3.8, 4) is 56.5 Å². The van der Waals surface area contributed by atoms with Gasteiger partial charge in [-0.05, 0) is 41.5 Å². The quantitative estimate of drug-likeness (QED) is 0.179. The maximum absolute atomic E-state index is 6.41. The Morgan fingerprint density at radius 3 is 1.57 bits per heavy atom. The van der Waals surface area contributed by atoms with Crippen LogP contribution in [0.4, 0.5) is 0 Å². The van der Waals surface area contributed by atoms with Gasteiger partial charge in [-0.25, -0.2) is 19.9 Å². The summed E-state index contributed by atoms with van der Waals surface area (Å²) < 4.78 is 12.8. The average molecular weight is 693 g/mol. The first-order valence-corrected chi connectivity index (χ1v) is 17.9. The Labute approximate surface area is 309 Å². The van der Waals surface area contributed by atoms with Crippen LogP contribution < -0.4 is 0 Å². The van der Waals surface area contributed by atoms with E-state index in [4.69, 9.17) is 28.8 Å². The molecule has 0 N–H and O–H groups in total. The molecule has 6 nitrogen and oxygen atoms in total. The summed E-state index contributed by atoms with van der Waals surface area (Å²) in [4.78, 5) is 20.1. The summed E-state index contributed by atoms with van der Waals surface area (Å²) in [6.45, 7) is 0. The maximum atomic E-state index is 6.41. The van der Waals surface area contributed by atoms with Crippen LogP contribution >= 0.6 is 0 Å². The number of hydrogen-bond acceptors (Lipinski definition) is 6. The second-order valence-corrected chi connectivity index (χ2v) is 13.4. The molecule has 7 aromatic carbocycles. The molecule has 252 valence electrons. The van der Waals surface area contributed by atoms with Gasteiger partial charge in [-0.2, -0.15) is 0 Å². The van der Waals surface area contributed by atoms with E-state index in [1.54, 1.807) is 0 Å². The fourth-order valence-electron chi connectivity index (χ4n) is 7.52. The van der Waals surface area contributed by atoms with E-state index in [-0.39, 0.29) is 0 Å². The van der Waals surface area contributed by atoms with Gasteiger partial charge in [0.25, 0.3) is 0 Å². The van der Waals surface area contributed by atoms with E-state index < -0.39 is 0 Å². The number of furan rings is 2. The number of para-hydroxylation sites is 4. The van der Waals surface area contributed by atoms with Gasteiger partial charge in [-0.15, -0.1) is 0 Å². The Kier molecular flexibility index (Phi) is 6.75. The molecule has 0 aliphatic carbocycles. The monoisotopic (exact) mass is 692 g/mol. The van der Waals surface area contributed by atoms with Gasteiger partial charge in [0, 0.05) is 38.2 Å². The molecule has 6 heteroatoms. The Bertz CT molecular complexity index is 3200. The summed E-state index contributed by atoms with van der Waals surface area (Å²) in [5, 5.41) is 5.20. The Balaban J connectivity index is 0.980. The second-order valence-electron chi connectivity index (χ2n) is 13.4. The fourth-order valence-corrected chi connectivity index (χ4v) is 7.52. The molecule has 0 aliphatic rings. The molecule has 0 aliphatic heterocycles. The predicted molar refractivity (Wildman–Crippen MR) is 217 cm³/mol. The molecular weight excluding hydrogens is 665 g/mol. The summed E-state index contributed by atoms with van der Waals surface area (Å²) >= 11 is 0.